The van der Waals surface area contributed by atoms with Gasteiger partial charge in [-0.25, -0.2) is 0 Å². The van der Waals surface area contributed by atoms with Crippen molar-refractivity contribution in [2.24, 2.45) is 5.92 Å². The zero-order valence-electron chi connectivity index (χ0n) is 10.0. The molecule has 1 unspecified atom stereocenters. The number of hydrogen-bond donors (Lipinski definition) is 2. The molecule has 6 heteroatoms. The first-order chi connectivity index (χ1) is 8.73. The third-order valence-corrected chi connectivity index (χ3v) is 5.18. The lowest BCUT2D eigenvalue weighted by Gasteiger charge is -2.06. The van der Waals surface area contributed by atoms with Crippen LogP contribution >= 0.6 is 23.1 Å². The second-order valence-corrected chi connectivity index (χ2v) is 6.00. The lowest BCUT2D eigenvalue weighted by Crippen LogP contribution is -2.24. The summed E-state index contributed by atoms with van der Waals surface area (Å²) in [6.45, 7) is 0. The van der Waals surface area contributed by atoms with E-state index in [1.165, 1.54) is 0 Å². The Morgan fingerprint density at radius 3 is 2.50 bits per heavy atom. The fourth-order valence-electron chi connectivity index (χ4n) is 1.76. The maximum atomic E-state index is 8.90. The van der Waals surface area contributed by atoms with Crippen LogP contribution in [0.4, 0.5) is 0 Å². The number of thioether (sulfide) groups is 1. The van der Waals surface area contributed by atoms with Crippen LogP contribution in [0.3, 0.4) is 0 Å². The van der Waals surface area contributed by atoms with Gasteiger partial charge in [0.2, 0.25) is 0 Å². The van der Waals surface area contributed by atoms with Crippen LogP contribution in [0.25, 0.3) is 11.9 Å². The van der Waals surface area contributed by atoms with E-state index in [1.807, 2.05) is 32.3 Å². The normalized spacial score (nSPS) is 16.4. The van der Waals surface area contributed by atoms with E-state index < -0.39 is 5.92 Å². The van der Waals surface area contributed by atoms with Crippen molar-refractivity contribution in [3.63, 3.8) is 0 Å². The minimum atomic E-state index is -0.574. The number of rotatable bonds is 3. The van der Waals surface area contributed by atoms with E-state index in [0.717, 1.165) is 19.8 Å². The third kappa shape index (κ3) is 2.17. The molecule has 0 saturated heterocycles. The number of fused-ring (bicyclic) bond motifs is 1. The predicted octanol–water partition coefficient (Wildman–Crippen LogP) is 0.171. The van der Waals surface area contributed by atoms with Gasteiger partial charge in [-0.05, 0) is 6.07 Å². The molecule has 0 aliphatic carbocycles. The molecular formula is C12H12N4S2. The smallest absolute Gasteiger partial charge is 0.149 e. The van der Waals surface area contributed by atoms with Crippen molar-refractivity contribution >= 4 is 35.0 Å². The monoisotopic (exact) mass is 276 g/mol. The lowest BCUT2D eigenvalue weighted by atomic mass is 10.1. The van der Waals surface area contributed by atoms with Gasteiger partial charge in [-0.2, -0.15) is 10.5 Å². The molecule has 1 aliphatic rings. The summed E-state index contributed by atoms with van der Waals surface area (Å²) in [7, 11) is 3.75. The fraction of sp³-hybridized carbons (Fsp3) is 0.333. The maximum Gasteiger partial charge on any atom is 0.149 e. The van der Waals surface area contributed by atoms with Gasteiger partial charge in [-0.3, -0.25) is 0 Å². The average Bonchev–Trinajstić information content (AvgIpc) is 2.91. The summed E-state index contributed by atoms with van der Waals surface area (Å²) >= 11 is 3.26. The second-order valence-electron chi connectivity index (χ2n) is 3.70. The maximum absolute atomic E-state index is 8.90. The SMILES string of the molecule is CNC(NC)=c1cc2c(s1)=CC(C(C#N)C#N)S2. The first-order valence-electron chi connectivity index (χ1n) is 5.41. The van der Waals surface area contributed by atoms with E-state index >= 15 is 0 Å². The molecule has 1 aliphatic heterocycles. The largest absolute Gasteiger partial charge is 0.374 e. The number of hydrogen-bond acceptors (Lipinski definition) is 6. The zero-order chi connectivity index (χ0) is 13.1. The minimum Gasteiger partial charge on any atom is -0.374 e. The van der Waals surface area contributed by atoms with Crippen LogP contribution in [0.5, 0.6) is 0 Å². The van der Waals surface area contributed by atoms with Crippen LogP contribution in [-0.2, 0) is 0 Å². The number of thiophene rings is 1. The molecule has 92 valence electrons. The van der Waals surface area contributed by atoms with Gasteiger partial charge in [0.15, 0.2) is 0 Å². The van der Waals surface area contributed by atoms with E-state index in [1.54, 1.807) is 23.1 Å². The van der Waals surface area contributed by atoms with E-state index in [9.17, 15) is 0 Å². The Morgan fingerprint density at radius 2 is 2.00 bits per heavy atom. The summed E-state index contributed by atoms with van der Waals surface area (Å²) in [5.41, 5.74) is 0. The Kier molecular flexibility index (Phi) is 3.81. The van der Waals surface area contributed by atoms with Crippen molar-refractivity contribution in [2.75, 3.05) is 14.1 Å². The molecule has 0 bridgehead atoms. The highest BCUT2D eigenvalue weighted by Gasteiger charge is 2.25. The van der Waals surface area contributed by atoms with Crippen LogP contribution < -0.4 is 19.7 Å². The van der Waals surface area contributed by atoms with Crippen LogP contribution in [0.1, 0.15) is 0 Å². The van der Waals surface area contributed by atoms with Crippen LogP contribution in [0, 0.1) is 28.6 Å². The second kappa shape index (κ2) is 5.34. The van der Waals surface area contributed by atoms with Crippen LogP contribution in [0.15, 0.2) is 11.0 Å². The van der Waals surface area contributed by atoms with Crippen molar-refractivity contribution < 1.29 is 0 Å². The van der Waals surface area contributed by atoms with Crippen molar-refractivity contribution in [3.05, 3.63) is 15.1 Å². The minimum absolute atomic E-state index is 0.0390. The summed E-state index contributed by atoms with van der Waals surface area (Å²) in [4.78, 5) is 1.15. The third-order valence-electron chi connectivity index (χ3n) is 2.66. The van der Waals surface area contributed by atoms with Gasteiger partial charge < -0.3 is 10.6 Å². The van der Waals surface area contributed by atoms with Gasteiger partial charge in [-0.15, -0.1) is 23.1 Å². The molecule has 18 heavy (non-hydrogen) atoms. The van der Waals surface area contributed by atoms with Gasteiger partial charge in [-0.1, -0.05) is 6.08 Å². The first-order valence-corrected chi connectivity index (χ1v) is 7.10. The Balaban J connectivity index is 2.40. The summed E-state index contributed by atoms with van der Waals surface area (Å²) in [6, 6.07) is 6.17. The molecule has 2 heterocycles. The van der Waals surface area contributed by atoms with Crippen molar-refractivity contribution in [1.82, 2.24) is 10.6 Å². The molecule has 0 amide bonds. The molecule has 1 aromatic heterocycles. The highest BCUT2D eigenvalue weighted by Crippen LogP contribution is 2.31. The molecule has 1 atom stereocenters. The van der Waals surface area contributed by atoms with E-state index in [4.69, 9.17) is 10.5 Å². The summed E-state index contributed by atoms with van der Waals surface area (Å²) in [5.74, 6) is 0.409. The van der Waals surface area contributed by atoms with Gasteiger partial charge in [0, 0.05) is 23.5 Å². The van der Waals surface area contributed by atoms with Gasteiger partial charge >= 0.3 is 0 Å². The van der Waals surface area contributed by atoms with Crippen molar-refractivity contribution in [1.29, 1.82) is 10.5 Å². The van der Waals surface area contributed by atoms with Gasteiger partial charge in [0.1, 0.15) is 11.7 Å². The fourth-order valence-corrected chi connectivity index (χ4v) is 4.41. The molecule has 0 saturated carbocycles. The highest BCUT2D eigenvalue weighted by atomic mass is 32.2. The lowest BCUT2D eigenvalue weighted by molar-refractivity contribution is 0.913. The Morgan fingerprint density at radius 1 is 1.33 bits per heavy atom. The number of nitriles is 2. The number of nitrogens with one attached hydrogen (secondary N) is 2. The van der Waals surface area contributed by atoms with E-state index in [2.05, 4.69) is 16.7 Å². The molecule has 0 fully saturated rings. The van der Waals surface area contributed by atoms with E-state index in [0.29, 0.717) is 0 Å². The molecule has 2 N–H and O–H groups in total. The molecule has 0 radical (unpaired) electrons. The summed E-state index contributed by atoms with van der Waals surface area (Å²) < 4.78 is 2.29. The Labute approximate surface area is 114 Å². The number of nitrogens with zero attached hydrogens (tertiary/aromatic N) is 2. The average molecular weight is 276 g/mol. The Hall–Kier alpha value is -1.63. The molecule has 0 aromatic carbocycles. The van der Waals surface area contributed by atoms with Crippen LogP contribution in [-0.4, -0.2) is 19.3 Å². The highest BCUT2D eigenvalue weighted by molar-refractivity contribution is 8.00. The summed E-state index contributed by atoms with van der Waals surface area (Å²) in [6.07, 6.45) is 2.02. The zero-order valence-corrected chi connectivity index (χ0v) is 11.7. The first kappa shape index (κ1) is 12.8. The molecule has 4 nitrogen and oxygen atoms in total. The van der Waals surface area contributed by atoms with Gasteiger partial charge in [0.05, 0.1) is 21.9 Å². The van der Waals surface area contributed by atoms with Crippen LogP contribution in [0.2, 0.25) is 0 Å². The molecule has 0 spiro atoms. The predicted molar refractivity (Wildman–Crippen MR) is 73.9 cm³/mol. The standard InChI is InChI=1S/C12H12N4S2/c1-15-12(16-2)11-4-10-9(18-11)3-8(17-10)7(5-13)6-14/h3-4,7-8,15-16H,1-2H3. The van der Waals surface area contributed by atoms with Gasteiger partial charge in [0.25, 0.3) is 0 Å². The molecule has 1 aromatic rings. The molecular weight excluding hydrogens is 264 g/mol. The topological polar surface area (TPSA) is 71.6 Å². The quantitative estimate of drug-likeness (QED) is 0.823. The van der Waals surface area contributed by atoms with E-state index in [-0.39, 0.29) is 5.25 Å². The Bertz CT molecular complexity index is 627. The van der Waals surface area contributed by atoms with Crippen molar-refractivity contribution in [2.45, 2.75) is 10.1 Å². The molecule has 2 rings (SSSR count). The summed E-state index contributed by atoms with van der Waals surface area (Å²) in [5, 5.41) is 24.0. The van der Waals surface area contributed by atoms with Crippen molar-refractivity contribution in [3.8, 4) is 12.1 Å².